The Kier molecular flexibility index (Phi) is 18.0. The number of aliphatic hydroxyl groups excluding tert-OH is 1. The Morgan fingerprint density at radius 2 is 1.28 bits per heavy atom. The lowest BCUT2D eigenvalue weighted by atomic mass is 10.0. The van der Waals surface area contributed by atoms with Crippen molar-refractivity contribution in [1.29, 1.82) is 0 Å². The van der Waals surface area contributed by atoms with E-state index >= 15 is 0 Å². The van der Waals surface area contributed by atoms with Gasteiger partial charge >= 0.3 is 0 Å². The highest BCUT2D eigenvalue weighted by Gasteiger charge is 2.02. The van der Waals surface area contributed by atoms with Crippen LogP contribution < -0.4 is 0 Å². The predicted molar refractivity (Wildman–Crippen MR) is 76.8 cm³/mol. The first kappa shape index (κ1) is 19.8. The lowest BCUT2D eigenvalue weighted by Gasteiger charge is -2.09. The zero-order chi connectivity index (χ0) is 14.2. The van der Waals surface area contributed by atoms with Gasteiger partial charge < -0.3 is 10.2 Å². The summed E-state index contributed by atoms with van der Waals surface area (Å²) >= 11 is 0. The van der Waals surface area contributed by atoms with Crippen LogP contribution >= 0.6 is 0 Å². The summed E-state index contributed by atoms with van der Waals surface area (Å²) in [6.07, 6.45) is 12.3. The Morgan fingerprint density at radius 3 is 1.78 bits per heavy atom. The molecule has 0 radical (unpaired) electrons. The van der Waals surface area contributed by atoms with Gasteiger partial charge in [0.15, 0.2) is 0 Å². The molecule has 3 heteroatoms. The van der Waals surface area contributed by atoms with Crippen LogP contribution in [0.2, 0.25) is 0 Å². The molecule has 2 N–H and O–H groups in total. The Labute approximate surface area is 113 Å². The van der Waals surface area contributed by atoms with Gasteiger partial charge in [0.25, 0.3) is 5.97 Å². The third kappa shape index (κ3) is 24.6. The average molecular weight is 260 g/mol. The van der Waals surface area contributed by atoms with Crippen LogP contribution in [0.5, 0.6) is 0 Å². The largest absolute Gasteiger partial charge is 0.481 e. The summed E-state index contributed by atoms with van der Waals surface area (Å²) in [4.78, 5) is 9.00. The molecule has 0 rings (SSSR count). The van der Waals surface area contributed by atoms with Crippen molar-refractivity contribution in [2.75, 3.05) is 0 Å². The molecule has 3 nitrogen and oxygen atoms in total. The van der Waals surface area contributed by atoms with Gasteiger partial charge in [-0.25, -0.2) is 0 Å². The molecule has 1 unspecified atom stereocenters. The topological polar surface area (TPSA) is 57.5 Å². The molecule has 0 aliphatic carbocycles. The Morgan fingerprint density at radius 1 is 0.889 bits per heavy atom. The monoisotopic (exact) mass is 260 g/mol. The maximum Gasteiger partial charge on any atom is 0.300 e. The van der Waals surface area contributed by atoms with Crippen LogP contribution in [0.15, 0.2) is 0 Å². The summed E-state index contributed by atoms with van der Waals surface area (Å²) < 4.78 is 0. The molecule has 0 fully saturated rings. The van der Waals surface area contributed by atoms with Gasteiger partial charge in [-0.15, -0.1) is 0 Å². The number of aliphatic carboxylic acids is 1. The number of carboxylic acids is 1. The highest BCUT2D eigenvalue weighted by Crippen LogP contribution is 2.11. The summed E-state index contributed by atoms with van der Waals surface area (Å²) in [5.74, 6) is -0.833. The number of aliphatic hydroxyl groups is 1. The van der Waals surface area contributed by atoms with Crippen molar-refractivity contribution in [3.8, 4) is 0 Å². The van der Waals surface area contributed by atoms with Crippen LogP contribution in [0.4, 0.5) is 0 Å². The maximum atomic E-state index is 9.58. The molecule has 1 atom stereocenters. The highest BCUT2D eigenvalue weighted by atomic mass is 16.4. The van der Waals surface area contributed by atoms with Gasteiger partial charge in [-0.2, -0.15) is 0 Å². The van der Waals surface area contributed by atoms with Crippen LogP contribution in [0.25, 0.3) is 0 Å². The molecule has 0 saturated heterocycles. The number of unbranched alkanes of at least 4 members (excludes halogenated alkanes) is 6. The van der Waals surface area contributed by atoms with E-state index in [1.54, 1.807) is 0 Å². The van der Waals surface area contributed by atoms with E-state index in [0.717, 1.165) is 19.8 Å². The molecule has 0 spiro atoms. The fourth-order valence-electron chi connectivity index (χ4n) is 1.74. The number of carboxylic acid groups (broad SMARTS) is 1. The van der Waals surface area contributed by atoms with Crippen LogP contribution in [-0.4, -0.2) is 22.3 Å². The average Bonchev–Trinajstić information content (AvgIpc) is 2.30. The van der Waals surface area contributed by atoms with Gasteiger partial charge in [0, 0.05) is 6.92 Å². The molecule has 0 aromatic rings. The number of rotatable bonds is 10. The molecule has 0 aliphatic rings. The smallest absolute Gasteiger partial charge is 0.300 e. The van der Waals surface area contributed by atoms with Gasteiger partial charge in [-0.05, 0) is 12.8 Å². The SMILES string of the molecule is CC(=O)O.CCCCCCCCC(O)CCCC. The van der Waals surface area contributed by atoms with Gasteiger partial charge in [0.1, 0.15) is 0 Å². The highest BCUT2D eigenvalue weighted by molar-refractivity contribution is 5.62. The van der Waals surface area contributed by atoms with Crippen molar-refractivity contribution in [1.82, 2.24) is 0 Å². The Bertz CT molecular complexity index is 165. The van der Waals surface area contributed by atoms with E-state index in [2.05, 4.69) is 13.8 Å². The summed E-state index contributed by atoms with van der Waals surface area (Å²) in [6.45, 7) is 5.51. The molecular weight excluding hydrogens is 228 g/mol. The molecule has 0 amide bonds. The zero-order valence-electron chi connectivity index (χ0n) is 12.5. The summed E-state index contributed by atoms with van der Waals surface area (Å²) in [5, 5.41) is 17.0. The first-order valence-corrected chi connectivity index (χ1v) is 7.42. The second-order valence-corrected chi connectivity index (χ2v) is 4.87. The van der Waals surface area contributed by atoms with Gasteiger partial charge in [-0.1, -0.05) is 65.2 Å². The first-order chi connectivity index (χ1) is 8.54. The van der Waals surface area contributed by atoms with Crippen molar-refractivity contribution in [3.05, 3.63) is 0 Å². The van der Waals surface area contributed by atoms with Gasteiger partial charge in [-0.3, -0.25) is 4.79 Å². The van der Waals surface area contributed by atoms with E-state index in [4.69, 9.17) is 9.90 Å². The predicted octanol–water partition coefficient (Wildman–Crippen LogP) is 4.38. The third-order valence-electron chi connectivity index (χ3n) is 2.78. The van der Waals surface area contributed by atoms with Crippen molar-refractivity contribution >= 4 is 5.97 Å². The van der Waals surface area contributed by atoms with E-state index < -0.39 is 5.97 Å². The second kappa shape index (κ2) is 16.4. The minimum absolute atomic E-state index is 0.0267. The minimum Gasteiger partial charge on any atom is -0.481 e. The van der Waals surface area contributed by atoms with Crippen molar-refractivity contribution in [2.45, 2.75) is 91.1 Å². The molecule has 110 valence electrons. The number of carbonyl (C=O) groups is 1. The number of hydrogen-bond donors (Lipinski definition) is 2. The quantitative estimate of drug-likeness (QED) is 0.573. The van der Waals surface area contributed by atoms with Crippen molar-refractivity contribution in [2.24, 2.45) is 0 Å². The maximum absolute atomic E-state index is 9.58. The van der Waals surface area contributed by atoms with Crippen LogP contribution in [0, 0.1) is 0 Å². The lowest BCUT2D eigenvalue weighted by Crippen LogP contribution is -2.05. The van der Waals surface area contributed by atoms with Crippen molar-refractivity contribution in [3.63, 3.8) is 0 Å². The Hall–Kier alpha value is -0.570. The zero-order valence-corrected chi connectivity index (χ0v) is 12.5. The molecular formula is C15H32O3. The second-order valence-electron chi connectivity index (χ2n) is 4.87. The fourth-order valence-corrected chi connectivity index (χ4v) is 1.74. The lowest BCUT2D eigenvalue weighted by molar-refractivity contribution is -0.134. The normalized spacial score (nSPS) is 11.6. The summed E-state index contributed by atoms with van der Waals surface area (Å²) in [6, 6.07) is 0. The summed E-state index contributed by atoms with van der Waals surface area (Å²) in [7, 11) is 0. The van der Waals surface area contributed by atoms with E-state index in [1.165, 1.54) is 51.4 Å². The molecule has 0 aliphatic heterocycles. The molecule has 0 bridgehead atoms. The Balaban J connectivity index is 0. The summed E-state index contributed by atoms with van der Waals surface area (Å²) in [5.41, 5.74) is 0. The molecule has 0 heterocycles. The van der Waals surface area contributed by atoms with Crippen LogP contribution in [0.3, 0.4) is 0 Å². The van der Waals surface area contributed by atoms with Crippen molar-refractivity contribution < 1.29 is 15.0 Å². The van der Waals surface area contributed by atoms with Crippen LogP contribution in [0.1, 0.15) is 85.0 Å². The van der Waals surface area contributed by atoms with Gasteiger partial charge in [0.2, 0.25) is 0 Å². The van der Waals surface area contributed by atoms with E-state index in [-0.39, 0.29) is 6.10 Å². The number of hydrogen-bond acceptors (Lipinski definition) is 2. The van der Waals surface area contributed by atoms with Gasteiger partial charge in [0.05, 0.1) is 6.10 Å². The van der Waals surface area contributed by atoms with E-state index in [9.17, 15) is 5.11 Å². The standard InChI is InChI=1S/C13H28O.C2H4O2/c1-3-5-7-8-9-10-12-13(14)11-6-4-2;1-2(3)4/h13-14H,3-12H2,1-2H3;1H3,(H,3,4). The molecule has 0 aromatic carbocycles. The molecule has 18 heavy (non-hydrogen) atoms. The van der Waals surface area contributed by atoms with E-state index in [0.29, 0.717) is 0 Å². The fraction of sp³-hybridized carbons (Fsp3) is 0.933. The van der Waals surface area contributed by atoms with Crippen LogP contribution in [-0.2, 0) is 4.79 Å². The molecule has 0 saturated carbocycles. The van der Waals surface area contributed by atoms with E-state index in [1.807, 2.05) is 0 Å². The first-order valence-electron chi connectivity index (χ1n) is 7.42. The minimum atomic E-state index is -0.833. The third-order valence-corrected chi connectivity index (χ3v) is 2.78. The molecule has 0 aromatic heterocycles.